The molecule has 0 unspecified atom stereocenters. The van der Waals surface area contributed by atoms with Crippen LogP contribution in [0.25, 0.3) is 0 Å². The summed E-state index contributed by atoms with van der Waals surface area (Å²) in [6.07, 6.45) is -0.0774. The van der Waals surface area contributed by atoms with E-state index < -0.39 is 12.1 Å². The zero-order valence-corrected chi connectivity index (χ0v) is 16.8. The first kappa shape index (κ1) is 25.4. The Balaban J connectivity index is 1.85. The predicted molar refractivity (Wildman–Crippen MR) is 105 cm³/mol. The number of ether oxygens (including phenoxy) is 5. The molecule has 30 heavy (non-hydrogen) atoms. The Morgan fingerprint density at radius 2 is 1.40 bits per heavy atom. The van der Waals surface area contributed by atoms with Crippen LogP contribution < -0.4 is 11.1 Å². The van der Waals surface area contributed by atoms with Crippen LogP contribution in [0.15, 0.2) is 18.2 Å². The van der Waals surface area contributed by atoms with Gasteiger partial charge in [-0.1, -0.05) is 6.07 Å². The Kier molecular flexibility index (Phi) is 13.8. The minimum absolute atomic E-state index is 0.108. The summed E-state index contributed by atoms with van der Waals surface area (Å²) < 4.78 is 25.5. The molecule has 0 fully saturated rings. The lowest BCUT2D eigenvalue weighted by molar-refractivity contribution is -0.143. The van der Waals surface area contributed by atoms with Crippen molar-refractivity contribution in [3.05, 3.63) is 23.8 Å². The van der Waals surface area contributed by atoms with Crippen LogP contribution in [0.4, 0.5) is 4.79 Å². The van der Waals surface area contributed by atoms with E-state index in [1.807, 2.05) is 0 Å². The summed E-state index contributed by atoms with van der Waals surface area (Å²) in [5.41, 5.74) is 5.86. The number of hydrogen-bond acceptors (Lipinski definition) is 10. The van der Waals surface area contributed by atoms with Gasteiger partial charge in [0.05, 0.1) is 46.2 Å². The summed E-state index contributed by atoms with van der Waals surface area (Å²) in [4.78, 5) is 22.3. The lowest BCUT2D eigenvalue weighted by Gasteiger charge is -2.09. The predicted octanol–water partition coefficient (Wildman–Crippen LogP) is -0.0818. The second kappa shape index (κ2) is 16.2. The van der Waals surface area contributed by atoms with E-state index in [9.17, 15) is 19.8 Å². The van der Waals surface area contributed by atoms with Crippen molar-refractivity contribution >= 4 is 12.1 Å². The van der Waals surface area contributed by atoms with E-state index in [2.05, 4.69) is 5.32 Å². The van der Waals surface area contributed by atoms with Crippen molar-refractivity contribution in [3.63, 3.8) is 0 Å². The minimum Gasteiger partial charge on any atom is -0.504 e. The second-order valence-electron chi connectivity index (χ2n) is 5.90. The average Bonchev–Trinajstić information content (AvgIpc) is 2.73. The number of esters is 1. The fourth-order valence-corrected chi connectivity index (χ4v) is 2.09. The third-order valence-electron chi connectivity index (χ3n) is 3.59. The maximum absolute atomic E-state index is 11.5. The largest absolute Gasteiger partial charge is 0.504 e. The van der Waals surface area contributed by atoms with Crippen LogP contribution in [-0.2, 0) is 34.9 Å². The molecule has 0 aliphatic carbocycles. The summed E-state index contributed by atoms with van der Waals surface area (Å²) in [6, 6.07) is 4.48. The maximum Gasteiger partial charge on any atom is 0.407 e. The minimum atomic E-state index is -0.563. The van der Waals surface area contributed by atoms with Crippen molar-refractivity contribution in [2.24, 2.45) is 5.73 Å². The van der Waals surface area contributed by atoms with E-state index >= 15 is 0 Å². The van der Waals surface area contributed by atoms with Gasteiger partial charge in [-0.05, 0) is 24.1 Å². The first-order chi connectivity index (χ1) is 14.5. The molecule has 0 radical (unpaired) electrons. The number of amides is 1. The van der Waals surface area contributed by atoms with Crippen LogP contribution in [-0.4, -0.2) is 88.2 Å². The van der Waals surface area contributed by atoms with E-state index in [-0.39, 0.29) is 44.5 Å². The number of carbonyl (C=O) groups excluding carboxylic acids is 2. The number of phenols is 2. The highest BCUT2D eigenvalue weighted by molar-refractivity contribution is 5.71. The van der Waals surface area contributed by atoms with Gasteiger partial charge in [-0.15, -0.1) is 0 Å². The van der Waals surface area contributed by atoms with Gasteiger partial charge < -0.3 is 44.9 Å². The van der Waals surface area contributed by atoms with Gasteiger partial charge in [-0.3, -0.25) is 4.79 Å². The van der Waals surface area contributed by atoms with Crippen LogP contribution >= 0.6 is 0 Å². The van der Waals surface area contributed by atoms with Crippen molar-refractivity contribution in [3.8, 4) is 11.5 Å². The van der Waals surface area contributed by atoms with Gasteiger partial charge in [-0.25, -0.2) is 4.79 Å². The summed E-state index contributed by atoms with van der Waals surface area (Å²) in [5, 5.41) is 21.2. The van der Waals surface area contributed by atoms with Gasteiger partial charge in [0.25, 0.3) is 0 Å². The number of carbonyl (C=O) groups is 2. The summed E-state index contributed by atoms with van der Waals surface area (Å²) >= 11 is 0. The van der Waals surface area contributed by atoms with Crippen molar-refractivity contribution in [1.82, 2.24) is 5.32 Å². The SMILES string of the molecule is NCC(=O)OCCOCCOCCOCCOC(=O)NCCc1ccc(O)c(O)c1. The van der Waals surface area contributed by atoms with Crippen LogP contribution in [0.5, 0.6) is 11.5 Å². The van der Waals surface area contributed by atoms with Crippen LogP contribution in [0.1, 0.15) is 5.56 Å². The molecule has 0 spiro atoms. The fourth-order valence-electron chi connectivity index (χ4n) is 2.09. The Hall–Kier alpha value is -2.60. The molecule has 170 valence electrons. The Bertz CT molecular complexity index is 628. The Labute approximate surface area is 175 Å². The van der Waals surface area contributed by atoms with Gasteiger partial charge >= 0.3 is 12.1 Å². The van der Waals surface area contributed by atoms with Gasteiger partial charge in [0.15, 0.2) is 11.5 Å². The van der Waals surface area contributed by atoms with Gasteiger partial charge in [0, 0.05) is 6.54 Å². The molecule has 11 heteroatoms. The number of aromatic hydroxyl groups is 2. The number of benzene rings is 1. The van der Waals surface area contributed by atoms with Crippen molar-refractivity contribution in [2.45, 2.75) is 6.42 Å². The van der Waals surface area contributed by atoms with Crippen molar-refractivity contribution < 1.29 is 43.5 Å². The molecule has 1 aromatic carbocycles. The monoisotopic (exact) mass is 430 g/mol. The summed E-state index contributed by atoms with van der Waals surface area (Å²) in [6.45, 7) is 2.44. The molecule has 0 aliphatic heterocycles. The van der Waals surface area contributed by atoms with Gasteiger partial charge in [0.1, 0.15) is 13.2 Å². The third-order valence-corrected chi connectivity index (χ3v) is 3.59. The van der Waals surface area contributed by atoms with Gasteiger partial charge in [-0.2, -0.15) is 0 Å². The standard InChI is InChI=1S/C19H30N2O9/c20-14-18(24)29-11-9-27-7-5-26-6-8-28-10-12-30-19(25)21-4-3-15-1-2-16(22)17(23)13-15/h1-2,13,22-23H,3-12,14,20H2,(H,21,25). The molecule has 0 saturated heterocycles. The van der Waals surface area contributed by atoms with Crippen molar-refractivity contribution in [2.75, 3.05) is 65.9 Å². The van der Waals surface area contributed by atoms with Gasteiger partial charge in [0.2, 0.25) is 0 Å². The highest BCUT2D eigenvalue weighted by atomic mass is 16.6. The molecule has 0 aliphatic rings. The second-order valence-corrected chi connectivity index (χ2v) is 5.90. The summed E-state index contributed by atoms with van der Waals surface area (Å²) in [7, 11) is 0. The molecular formula is C19H30N2O9. The topological polar surface area (TPSA) is 159 Å². The molecule has 1 rings (SSSR count). The molecule has 0 heterocycles. The number of rotatable bonds is 16. The zero-order valence-electron chi connectivity index (χ0n) is 16.8. The van der Waals surface area contributed by atoms with E-state index in [1.165, 1.54) is 12.1 Å². The third kappa shape index (κ3) is 12.8. The van der Waals surface area contributed by atoms with E-state index in [4.69, 9.17) is 29.4 Å². The lowest BCUT2D eigenvalue weighted by Crippen LogP contribution is -2.27. The molecule has 0 bridgehead atoms. The molecule has 0 atom stereocenters. The number of nitrogens with two attached hydrogens (primary N) is 1. The molecule has 0 aromatic heterocycles. The lowest BCUT2D eigenvalue weighted by atomic mass is 10.1. The number of nitrogens with one attached hydrogen (secondary N) is 1. The smallest absolute Gasteiger partial charge is 0.407 e. The van der Waals surface area contributed by atoms with Crippen LogP contribution in [0.3, 0.4) is 0 Å². The first-order valence-corrected chi connectivity index (χ1v) is 9.53. The number of hydrogen-bond donors (Lipinski definition) is 4. The maximum atomic E-state index is 11.5. The molecule has 0 saturated carbocycles. The number of alkyl carbamates (subject to hydrolysis) is 1. The molecule has 1 aromatic rings. The molecule has 1 amide bonds. The fraction of sp³-hybridized carbons (Fsp3) is 0.579. The molecular weight excluding hydrogens is 400 g/mol. The highest BCUT2D eigenvalue weighted by Gasteiger charge is 2.04. The van der Waals surface area contributed by atoms with E-state index in [0.29, 0.717) is 39.4 Å². The van der Waals surface area contributed by atoms with Crippen molar-refractivity contribution in [1.29, 1.82) is 0 Å². The first-order valence-electron chi connectivity index (χ1n) is 9.53. The quantitative estimate of drug-likeness (QED) is 0.159. The number of phenolic OH excluding ortho intramolecular Hbond substituents is 2. The Morgan fingerprint density at radius 1 is 0.833 bits per heavy atom. The normalized spacial score (nSPS) is 10.6. The van der Waals surface area contributed by atoms with E-state index in [1.54, 1.807) is 6.07 Å². The molecule has 5 N–H and O–H groups in total. The Morgan fingerprint density at radius 3 is 1.97 bits per heavy atom. The molecule has 11 nitrogen and oxygen atoms in total. The zero-order chi connectivity index (χ0) is 22.0. The van der Waals surface area contributed by atoms with Crippen LogP contribution in [0.2, 0.25) is 0 Å². The summed E-state index contributed by atoms with van der Waals surface area (Å²) in [5.74, 6) is -0.856. The average molecular weight is 430 g/mol. The highest BCUT2D eigenvalue weighted by Crippen LogP contribution is 2.24. The van der Waals surface area contributed by atoms with Crippen LogP contribution in [0, 0.1) is 0 Å². The van der Waals surface area contributed by atoms with E-state index in [0.717, 1.165) is 5.56 Å².